The van der Waals surface area contributed by atoms with E-state index in [4.69, 9.17) is 0 Å². The van der Waals surface area contributed by atoms with E-state index < -0.39 is 19.1 Å². The van der Waals surface area contributed by atoms with Crippen LogP contribution in [0.3, 0.4) is 0 Å². The Hall–Kier alpha value is -2.73. The molecule has 0 spiro atoms. The number of aliphatic hydroxyl groups is 2. The number of hydrogen-bond acceptors (Lipinski definition) is 5. The first-order chi connectivity index (χ1) is 14.6. The van der Waals surface area contributed by atoms with E-state index in [2.05, 4.69) is 21.9 Å². The first-order valence-corrected chi connectivity index (χ1v) is 9.69. The first-order valence-electron chi connectivity index (χ1n) is 9.69. The van der Waals surface area contributed by atoms with E-state index >= 15 is 0 Å². The number of halogens is 3. The molecule has 0 aliphatic heterocycles. The van der Waals surface area contributed by atoms with E-state index in [1.807, 2.05) is 24.9 Å². The second kappa shape index (κ2) is 10.5. The molecule has 0 amide bonds. The van der Waals surface area contributed by atoms with Gasteiger partial charge in [0.1, 0.15) is 11.9 Å². The van der Waals surface area contributed by atoms with Gasteiger partial charge < -0.3 is 25.2 Å². The molecule has 0 aliphatic rings. The third kappa shape index (κ3) is 6.14. The van der Waals surface area contributed by atoms with Crippen molar-refractivity contribution in [1.82, 2.24) is 5.32 Å². The zero-order valence-electron chi connectivity index (χ0n) is 18.0. The number of anilines is 1. The van der Waals surface area contributed by atoms with Crippen LogP contribution in [0.15, 0.2) is 30.3 Å². The first kappa shape index (κ1) is 24.5. The summed E-state index contributed by atoms with van der Waals surface area (Å²) in [6.07, 6.45) is -5.85. The average Bonchev–Trinajstić information content (AvgIpc) is 2.71. The Kier molecular flexibility index (Phi) is 8.34. The van der Waals surface area contributed by atoms with Crippen LogP contribution in [0.1, 0.15) is 29.7 Å². The van der Waals surface area contributed by atoms with Gasteiger partial charge in [0, 0.05) is 24.8 Å². The van der Waals surface area contributed by atoms with Crippen molar-refractivity contribution in [2.45, 2.75) is 32.9 Å². The predicted molar refractivity (Wildman–Crippen MR) is 115 cm³/mol. The summed E-state index contributed by atoms with van der Waals surface area (Å²) in [6.45, 7) is 3.99. The van der Waals surface area contributed by atoms with E-state index in [9.17, 15) is 23.4 Å². The summed E-state index contributed by atoms with van der Waals surface area (Å²) in [5.74, 6) is 5.53. The van der Waals surface area contributed by atoms with Gasteiger partial charge in [-0.1, -0.05) is 18.1 Å². The van der Waals surface area contributed by atoms with Crippen LogP contribution >= 0.6 is 0 Å². The largest absolute Gasteiger partial charge is 0.573 e. The Bertz CT molecular complexity index is 948. The van der Waals surface area contributed by atoms with Crippen LogP contribution in [0.5, 0.6) is 5.75 Å². The molecule has 0 heterocycles. The topological polar surface area (TPSA) is 65.0 Å². The van der Waals surface area contributed by atoms with Gasteiger partial charge in [-0.2, -0.15) is 0 Å². The summed E-state index contributed by atoms with van der Waals surface area (Å²) in [5.41, 5.74) is 4.40. The maximum Gasteiger partial charge on any atom is 0.573 e. The van der Waals surface area contributed by atoms with Gasteiger partial charge in [-0.15, -0.1) is 19.1 Å². The lowest BCUT2D eigenvalue weighted by Crippen LogP contribution is -2.24. The van der Waals surface area contributed by atoms with Crippen LogP contribution in [-0.2, 0) is 6.54 Å². The van der Waals surface area contributed by atoms with Gasteiger partial charge in [-0.25, -0.2) is 0 Å². The standard InChI is InChI=1S/C23H27F3N2O3/c1-5-6-11-28(4)22-15(2)19(12-17(13-27-3)21(22)20(30)14-29)16-7-9-18(10-8-16)31-23(24,25)26/h7-10,12,20,27,29-30H,11,13-14H2,1-4H3. The van der Waals surface area contributed by atoms with Crippen LogP contribution in [0.4, 0.5) is 18.9 Å². The fourth-order valence-electron chi connectivity index (χ4n) is 3.55. The quantitative estimate of drug-likeness (QED) is 0.550. The maximum atomic E-state index is 12.5. The minimum atomic E-state index is -4.75. The van der Waals surface area contributed by atoms with Gasteiger partial charge in [0.25, 0.3) is 0 Å². The fraction of sp³-hybridized carbons (Fsp3) is 0.391. The Morgan fingerprint density at radius 3 is 2.39 bits per heavy atom. The maximum absolute atomic E-state index is 12.5. The number of rotatable bonds is 8. The second-order valence-electron chi connectivity index (χ2n) is 7.05. The van der Waals surface area contributed by atoms with Crippen molar-refractivity contribution in [2.75, 3.05) is 32.1 Å². The fourth-order valence-corrected chi connectivity index (χ4v) is 3.55. The van der Waals surface area contributed by atoms with Gasteiger partial charge in [0.15, 0.2) is 0 Å². The van der Waals surface area contributed by atoms with Crippen molar-refractivity contribution in [3.63, 3.8) is 0 Å². The number of nitrogens with one attached hydrogen (secondary N) is 1. The molecule has 1 atom stereocenters. The highest BCUT2D eigenvalue weighted by Crippen LogP contribution is 2.39. The zero-order chi connectivity index (χ0) is 23.2. The Morgan fingerprint density at radius 2 is 1.87 bits per heavy atom. The normalized spacial score (nSPS) is 12.2. The van der Waals surface area contributed by atoms with E-state index in [1.165, 1.54) is 12.1 Å². The monoisotopic (exact) mass is 436 g/mol. The number of alkyl halides is 3. The Morgan fingerprint density at radius 1 is 1.23 bits per heavy atom. The molecule has 0 bridgehead atoms. The van der Waals surface area contributed by atoms with Crippen molar-refractivity contribution in [3.8, 4) is 28.7 Å². The highest BCUT2D eigenvalue weighted by molar-refractivity contribution is 5.78. The Balaban J connectivity index is 2.67. The molecule has 0 radical (unpaired) electrons. The van der Waals surface area contributed by atoms with Crippen LogP contribution in [0, 0.1) is 18.8 Å². The number of benzene rings is 2. The van der Waals surface area contributed by atoms with Crippen molar-refractivity contribution < 1.29 is 28.1 Å². The SMILES string of the molecule is CC#CCN(C)c1c(C)c(-c2ccc(OC(F)(F)F)cc2)cc(CNC)c1C(O)CO. The highest BCUT2D eigenvalue weighted by Gasteiger charge is 2.31. The molecule has 168 valence electrons. The van der Waals surface area contributed by atoms with E-state index in [-0.39, 0.29) is 5.75 Å². The molecule has 8 heteroatoms. The van der Waals surface area contributed by atoms with Crippen molar-refractivity contribution in [2.24, 2.45) is 0 Å². The molecule has 1 unspecified atom stereocenters. The predicted octanol–water partition coefficient (Wildman–Crippen LogP) is 3.77. The smallest absolute Gasteiger partial charge is 0.406 e. The minimum Gasteiger partial charge on any atom is -0.406 e. The lowest BCUT2D eigenvalue weighted by atomic mass is 9.89. The van der Waals surface area contributed by atoms with Crippen LogP contribution < -0.4 is 15.0 Å². The molecule has 0 aromatic heterocycles. The number of aliphatic hydroxyl groups excluding tert-OH is 2. The number of nitrogens with zero attached hydrogens (tertiary/aromatic N) is 1. The van der Waals surface area contributed by atoms with Gasteiger partial charge in [0.05, 0.1) is 13.2 Å². The third-order valence-electron chi connectivity index (χ3n) is 4.83. The van der Waals surface area contributed by atoms with Crippen LogP contribution in [-0.4, -0.2) is 43.8 Å². The van der Waals surface area contributed by atoms with Gasteiger partial charge in [0.2, 0.25) is 0 Å². The molecule has 5 nitrogen and oxygen atoms in total. The Labute approximate surface area is 180 Å². The van der Waals surface area contributed by atoms with E-state index in [0.29, 0.717) is 24.2 Å². The summed E-state index contributed by atoms with van der Waals surface area (Å²) >= 11 is 0. The average molecular weight is 436 g/mol. The molecule has 0 aliphatic carbocycles. The summed E-state index contributed by atoms with van der Waals surface area (Å²) in [4.78, 5) is 1.89. The van der Waals surface area contributed by atoms with Crippen LogP contribution in [0.25, 0.3) is 11.1 Å². The summed E-state index contributed by atoms with van der Waals surface area (Å²) in [6, 6.07) is 7.53. The van der Waals surface area contributed by atoms with Gasteiger partial charge >= 0.3 is 6.36 Å². The number of ether oxygens (including phenoxy) is 1. The van der Waals surface area contributed by atoms with Crippen molar-refractivity contribution in [1.29, 1.82) is 0 Å². The lowest BCUT2D eigenvalue weighted by molar-refractivity contribution is -0.274. The summed E-state index contributed by atoms with van der Waals surface area (Å²) < 4.78 is 41.4. The van der Waals surface area contributed by atoms with Crippen LogP contribution in [0.2, 0.25) is 0 Å². The second-order valence-corrected chi connectivity index (χ2v) is 7.05. The molecule has 0 fully saturated rings. The highest BCUT2D eigenvalue weighted by atomic mass is 19.4. The van der Waals surface area contributed by atoms with E-state index in [1.54, 1.807) is 26.1 Å². The van der Waals surface area contributed by atoms with Gasteiger partial charge in [-0.3, -0.25) is 0 Å². The zero-order valence-corrected chi connectivity index (χ0v) is 18.0. The van der Waals surface area contributed by atoms with Crippen molar-refractivity contribution >= 4 is 5.69 Å². The molecule has 2 rings (SSSR count). The summed E-state index contributed by atoms with van der Waals surface area (Å²) in [5, 5.41) is 23.3. The lowest BCUT2D eigenvalue weighted by Gasteiger charge is -2.29. The molecule has 31 heavy (non-hydrogen) atoms. The minimum absolute atomic E-state index is 0.299. The van der Waals surface area contributed by atoms with Crippen molar-refractivity contribution in [3.05, 3.63) is 47.0 Å². The van der Waals surface area contributed by atoms with Gasteiger partial charge in [-0.05, 0) is 61.3 Å². The molecule has 3 N–H and O–H groups in total. The summed E-state index contributed by atoms with van der Waals surface area (Å²) in [7, 11) is 3.61. The molecule has 0 saturated heterocycles. The molecular formula is C23H27F3N2O3. The molecular weight excluding hydrogens is 409 g/mol. The third-order valence-corrected chi connectivity index (χ3v) is 4.83. The molecule has 2 aromatic carbocycles. The molecule has 2 aromatic rings. The van der Waals surface area contributed by atoms with E-state index in [0.717, 1.165) is 22.4 Å². The molecule has 0 saturated carbocycles. The number of hydrogen-bond donors (Lipinski definition) is 3.